The molecule has 65 heavy (non-hydrogen) atoms. The van der Waals surface area contributed by atoms with Crippen LogP contribution in [-0.4, -0.2) is 34.2 Å². The van der Waals surface area contributed by atoms with Crippen LogP contribution in [0.4, 0.5) is 0 Å². The van der Waals surface area contributed by atoms with Gasteiger partial charge in [-0.1, -0.05) is 128 Å². The van der Waals surface area contributed by atoms with E-state index in [-0.39, 0.29) is 8.93 Å². The molecule has 0 spiro atoms. The van der Waals surface area contributed by atoms with Crippen LogP contribution in [0, 0.1) is 0 Å². The fourth-order valence-electron chi connectivity index (χ4n) is 9.43. The van der Waals surface area contributed by atoms with E-state index in [1.54, 1.807) is 13.2 Å². The van der Waals surface area contributed by atoms with Gasteiger partial charge in [0.15, 0.2) is 0 Å². The van der Waals surface area contributed by atoms with Gasteiger partial charge in [-0.15, -0.1) is 47.3 Å². The Balaban J connectivity index is 0.000000164. The maximum Gasteiger partial charge on any atom is 0.369 e. The van der Waals surface area contributed by atoms with Gasteiger partial charge in [0.05, 0.1) is 41.9 Å². The van der Waals surface area contributed by atoms with Crippen LogP contribution in [0.3, 0.4) is 0 Å². The zero-order valence-corrected chi connectivity index (χ0v) is 43.1. The number of hydrogen-bond acceptors (Lipinski definition) is 4. The maximum atomic E-state index is 10.2. The number of hydrogen-bond donors (Lipinski definition) is 1. The number of pyridine rings is 2. The van der Waals surface area contributed by atoms with Crippen molar-refractivity contribution in [2.45, 2.75) is 79.1 Å². The van der Waals surface area contributed by atoms with E-state index in [1.165, 1.54) is 49.7 Å². The number of phenolic OH excluding ortho intramolecular Hbond substituents is 1. The number of nitrogens with zero attached hydrogens (tertiary/aromatic N) is 4. The summed E-state index contributed by atoms with van der Waals surface area (Å²) < 4.78 is 10.4. The van der Waals surface area contributed by atoms with Crippen LogP contribution in [0.15, 0.2) is 134 Å². The minimum atomic E-state index is 0.259. The molecule has 330 valence electrons. The minimum absolute atomic E-state index is 0.259. The summed E-state index contributed by atoms with van der Waals surface area (Å²) in [5.74, 6) is 2.76. The fourth-order valence-corrected chi connectivity index (χ4v) is 9.43. The number of benzene rings is 6. The van der Waals surface area contributed by atoms with E-state index in [2.05, 4.69) is 209 Å². The Morgan fingerprint density at radius 1 is 0.477 bits per heavy atom. The van der Waals surface area contributed by atoms with E-state index in [1.807, 2.05) is 30.6 Å². The number of imidazole rings is 2. The van der Waals surface area contributed by atoms with Gasteiger partial charge in [0.1, 0.15) is 22.8 Å². The number of fused-ring (bicyclic) bond motifs is 12. The molecular formula is C55H54BBr3N4O2. The lowest BCUT2D eigenvalue weighted by molar-refractivity contribution is 0.415. The van der Waals surface area contributed by atoms with Crippen LogP contribution < -0.4 is 4.74 Å². The van der Waals surface area contributed by atoms with Gasteiger partial charge in [0.2, 0.25) is 0 Å². The second kappa shape index (κ2) is 19.4. The quantitative estimate of drug-likeness (QED) is 0.128. The predicted molar refractivity (Wildman–Crippen MR) is 288 cm³/mol. The van der Waals surface area contributed by atoms with Crippen LogP contribution in [0.1, 0.15) is 101 Å². The third-order valence-corrected chi connectivity index (χ3v) is 12.4. The number of ether oxygens (including phenoxy) is 1. The van der Waals surface area contributed by atoms with Crippen molar-refractivity contribution in [1.82, 2.24) is 18.8 Å². The molecule has 4 aromatic heterocycles. The first-order valence-corrected chi connectivity index (χ1v) is 25.0. The van der Waals surface area contributed by atoms with Gasteiger partial charge in [-0.3, -0.25) is 8.80 Å². The Morgan fingerprint density at radius 3 is 1.26 bits per heavy atom. The molecule has 0 saturated carbocycles. The van der Waals surface area contributed by atoms with Crippen molar-refractivity contribution in [2.75, 3.05) is 7.11 Å². The number of rotatable bonds is 7. The molecule has 0 unspecified atom stereocenters. The van der Waals surface area contributed by atoms with Crippen LogP contribution in [0.25, 0.3) is 77.2 Å². The van der Waals surface area contributed by atoms with E-state index in [0.717, 1.165) is 55.5 Å². The van der Waals surface area contributed by atoms with Crippen LogP contribution in [-0.2, 0) is 0 Å². The molecule has 0 aliphatic carbocycles. The van der Waals surface area contributed by atoms with Crippen molar-refractivity contribution in [3.63, 3.8) is 0 Å². The summed E-state index contributed by atoms with van der Waals surface area (Å²) >= 11 is 9.31. The smallest absolute Gasteiger partial charge is 0.369 e. The summed E-state index contributed by atoms with van der Waals surface area (Å²) in [7, 11) is 1.71. The number of aromatic nitrogens is 4. The van der Waals surface area contributed by atoms with E-state index < -0.39 is 0 Å². The first-order chi connectivity index (χ1) is 31.2. The molecular weight excluding hydrogens is 999 g/mol. The summed E-state index contributed by atoms with van der Waals surface area (Å²) in [6, 6.07) is 42.3. The van der Waals surface area contributed by atoms with Gasteiger partial charge in [-0.2, -0.15) is 0 Å². The average Bonchev–Trinajstić information content (AvgIpc) is 3.95. The monoisotopic (exact) mass is 1050 g/mol. The number of aromatic hydroxyl groups is 1. The lowest BCUT2D eigenvalue weighted by Gasteiger charge is -2.20. The van der Waals surface area contributed by atoms with Crippen LogP contribution in [0.5, 0.6) is 11.5 Å². The summed E-state index contributed by atoms with van der Waals surface area (Å²) in [5.41, 5.74) is 14.4. The second-order valence-electron chi connectivity index (χ2n) is 17.8. The summed E-state index contributed by atoms with van der Waals surface area (Å²) in [5, 5.41) is 16.9. The molecule has 4 heterocycles. The lowest BCUT2D eigenvalue weighted by Crippen LogP contribution is -2.02. The number of methoxy groups -OCH3 is 1. The van der Waals surface area contributed by atoms with Crippen molar-refractivity contribution < 1.29 is 9.84 Å². The number of phenols is 1. The second-order valence-corrected chi connectivity index (χ2v) is 24.2. The Hall–Kier alpha value is -5.16. The number of halogens is 3. The van der Waals surface area contributed by atoms with Crippen molar-refractivity contribution in [2.24, 2.45) is 0 Å². The van der Waals surface area contributed by atoms with Crippen molar-refractivity contribution in [1.29, 1.82) is 0 Å². The predicted octanol–water partition coefficient (Wildman–Crippen LogP) is 17.0. The topological polar surface area (TPSA) is 64.1 Å². The van der Waals surface area contributed by atoms with Crippen molar-refractivity contribution in [3.05, 3.63) is 156 Å². The zero-order valence-electron chi connectivity index (χ0n) is 38.4. The molecule has 0 fully saturated rings. The van der Waals surface area contributed by atoms with Crippen LogP contribution in [0.2, 0.25) is 0 Å². The highest BCUT2D eigenvalue weighted by Crippen LogP contribution is 2.42. The standard InChI is InChI=1S/C28H28N2O.C27H26N2O.BBr3/c1-17(2)20-10-8-11-21(18(3)4)27(20)26-16-29-28-24-15-19(31-5)13-14-22(24)23-9-6-7-12-25(23)30(26)28;1-16(2)19-9-7-10-20(17(3)4)26(19)25-15-28-27-23-14-18(30)12-13-21(23)22-8-5-6-11-24(22)29(25)27;2-1(3)4/h6-18H,1-5H3;5-17,30H,1-4H3;. The molecule has 10 heteroatoms. The summed E-state index contributed by atoms with van der Waals surface area (Å²) in [6.45, 7) is 18.1. The average molecular weight is 1050 g/mol. The molecule has 1 N–H and O–H groups in total. The summed E-state index contributed by atoms with van der Waals surface area (Å²) in [4.78, 5) is 9.82. The van der Waals surface area contributed by atoms with Crippen molar-refractivity contribution >= 4 is 105 Å². The van der Waals surface area contributed by atoms with Gasteiger partial charge in [-0.25, -0.2) is 9.97 Å². The van der Waals surface area contributed by atoms with E-state index >= 15 is 0 Å². The molecule has 0 radical (unpaired) electrons. The van der Waals surface area contributed by atoms with Gasteiger partial charge in [0, 0.05) is 32.7 Å². The van der Waals surface area contributed by atoms with E-state index in [4.69, 9.17) is 14.7 Å². The lowest BCUT2D eigenvalue weighted by atomic mass is 9.87. The molecule has 6 aromatic carbocycles. The van der Waals surface area contributed by atoms with E-state index in [9.17, 15) is 5.11 Å². The third kappa shape index (κ3) is 8.82. The van der Waals surface area contributed by atoms with Gasteiger partial charge < -0.3 is 9.84 Å². The minimum Gasteiger partial charge on any atom is -0.508 e. The molecule has 0 saturated heterocycles. The molecule has 0 aliphatic rings. The molecule has 0 bridgehead atoms. The first kappa shape index (κ1) is 46.4. The maximum absolute atomic E-state index is 10.2. The first-order valence-electron chi connectivity index (χ1n) is 22.3. The third-order valence-electron chi connectivity index (χ3n) is 12.4. The molecule has 0 atom stereocenters. The highest BCUT2D eigenvalue weighted by atomic mass is 79.9. The zero-order chi connectivity index (χ0) is 46.3. The Kier molecular flexibility index (Phi) is 13.8. The van der Waals surface area contributed by atoms with Gasteiger partial charge in [0.25, 0.3) is 0 Å². The Labute approximate surface area is 407 Å². The molecule has 10 aromatic rings. The SMILES string of the molecule is BrB(Br)Br.CC(C)c1cccc(C(C)C)c1-c1cnc2c3cc(O)ccc3c3ccccc3n12.COc1ccc2c3ccccc3n3c(-c4c(C(C)C)cccc4C(C)C)cnc3c2c1. The van der Waals surface area contributed by atoms with Crippen LogP contribution >= 0.6 is 47.3 Å². The molecule has 0 amide bonds. The molecule has 0 aliphatic heterocycles. The van der Waals surface area contributed by atoms with Gasteiger partial charge >= 0.3 is 3.18 Å². The Bertz CT molecular complexity index is 3300. The van der Waals surface area contributed by atoms with Gasteiger partial charge in [-0.05, 0) is 105 Å². The number of para-hydroxylation sites is 2. The highest BCUT2D eigenvalue weighted by molar-refractivity contribution is 9.69. The normalized spacial score (nSPS) is 11.7. The highest BCUT2D eigenvalue weighted by Gasteiger charge is 2.23. The molecule has 10 rings (SSSR count). The van der Waals surface area contributed by atoms with Crippen molar-refractivity contribution in [3.8, 4) is 34.0 Å². The largest absolute Gasteiger partial charge is 0.508 e. The fraction of sp³-hybridized carbons (Fsp3) is 0.236. The van der Waals surface area contributed by atoms with E-state index in [0.29, 0.717) is 23.7 Å². The summed E-state index contributed by atoms with van der Waals surface area (Å²) in [6.07, 6.45) is 4.05. The molecule has 6 nitrogen and oxygen atoms in total. The Morgan fingerprint density at radius 2 is 0.862 bits per heavy atom.